The van der Waals surface area contributed by atoms with E-state index in [-0.39, 0.29) is 12.5 Å². The van der Waals surface area contributed by atoms with Gasteiger partial charge in [0, 0.05) is 5.92 Å². The van der Waals surface area contributed by atoms with Crippen molar-refractivity contribution < 1.29 is 4.52 Å². The Morgan fingerprint density at radius 3 is 2.82 bits per heavy atom. The molecule has 58 valence electrons. The van der Waals surface area contributed by atoms with E-state index in [0.29, 0.717) is 11.7 Å². The van der Waals surface area contributed by atoms with Crippen molar-refractivity contribution in [1.29, 1.82) is 0 Å². The summed E-state index contributed by atoms with van der Waals surface area (Å²) in [5.41, 5.74) is 0. The highest BCUT2D eigenvalue weighted by Crippen LogP contribution is 2.10. The van der Waals surface area contributed by atoms with Gasteiger partial charge in [0.05, 0.1) is 0 Å². The first kappa shape index (κ1) is 7.73. The fraction of sp³-hybridized carbons (Fsp3) is 0.571. The van der Waals surface area contributed by atoms with Crippen LogP contribution in [0, 0.1) is 6.57 Å². The van der Waals surface area contributed by atoms with E-state index in [0.717, 1.165) is 0 Å². The first-order chi connectivity index (χ1) is 5.24. The summed E-state index contributed by atoms with van der Waals surface area (Å²) in [6.45, 7) is 10.7. The Balaban J connectivity index is 2.75. The molecule has 0 aliphatic rings. The van der Waals surface area contributed by atoms with Crippen LogP contribution in [0.1, 0.15) is 31.5 Å². The van der Waals surface area contributed by atoms with Crippen molar-refractivity contribution in [3.63, 3.8) is 0 Å². The average molecular weight is 151 g/mol. The molecule has 0 radical (unpaired) electrons. The summed E-state index contributed by atoms with van der Waals surface area (Å²) in [6.07, 6.45) is 0. The second-order valence-electron chi connectivity index (χ2n) is 2.52. The summed E-state index contributed by atoms with van der Waals surface area (Å²) in [5.74, 6) is 1.31. The van der Waals surface area contributed by atoms with Gasteiger partial charge in [0.1, 0.15) is 0 Å². The van der Waals surface area contributed by atoms with E-state index in [2.05, 4.69) is 15.0 Å². The van der Waals surface area contributed by atoms with Crippen LogP contribution in [0.2, 0.25) is 0 Å². The van der Waals surface area contributed by atoms with Crippen molar-refractivity contribution in [2.45, 2.75) is 26.3 Å². The Morgan fingerprint density at radius 2 is 2.36 bits per heavy atom. The molecule has 1 heterocycles. The Labute approximate surface area is 65.0 Å². The summed E-state index contributed by atoms with van der Waals surface area (Å²) < 4.78 is 4.87. The summed E-state index contributed by atoms with van der Waals surface area (Å²) >= 11 is 0. The second-order valence-corrected chi connectivity index (χ2v) is 2.52. The summed E-state index contributed by atoms with van der Waals surface area (Å²) in [5, 5.41) is 3.63. The van der Waals surface area contributed by atoms with E-state index < -0.39 is 0 Å². The van der Waals surface area contributed by atoms with E-state index >= 15 is 0 Å². The highest BCUT2D eigenvalue weighted by Gasteiger charge is 2.10. The third-order valence-electron chi connectivity index (χ3n) is 1.20. The molecule has 0 unspecified atom stereocenters. The molecule has 0 aromatic carbocycles. The molecule has 1 aromatic heterocycles. The standard InChI is InChI=1S/C7H9N3O/c1-5(2)7-9-6(4-8-3)10-11-7/h5H,4H2,1-2H3. The lowest BCUT2D eigenvalue weighted by Gasteiger charge is -1.91. The van der Waals surface area contributed by atoms with Crippen LogP contribution in [0.4, 0.5) is 0 Å². The zero-order valence-corrected chi connectivity index (χ0v) is 6.53. The van der Waals surface area contributed by atoms with Crippen molar-refractivity contribution in [3.8, 4) is 0 Å². The number of rotatable bonds is 2. The van der Waals surface area contributed by atoms with Crippen LogP contribution < -0.4 is 0 Å². The maximum Gasteiger partial charge on any atom is 0.276 e. The first-order valence-corrected chi connectivity index (χ1v) is 3.39. The summed E-state index contributed by atoms with van der Waals surface area (Å²) in [6, 6.07) is 0. The van der Waals surface area contributed by atoms with Crippen molar-refractivity contribution in [2.24, 2.45) is 0 Å². The minimum Gasteiger partial charge on any atom is -0.339 e. The number of nitrogens with zero attached hydrogens (tertiary/aromatic N) is 3. The van der Waals surface area contributed by atoms with E-state index in [4.69, 9.17) is 11.1 Å². The zero-order chi connectivity index (χ0) is 8.27. The van der Waals surface area contributed by atoms with Gasteiger partial charge >= 0.3 is 0 Å². The van der Waals surface area contributed by atoms with Crippen molar-refractivity contribution >= 4 is 0 Å². The monoisotopic (exact) mass is 151 g/mol. The third kappa shape index (κ3) is 1.77. The number of hydrogen-bond acceptors (Lipinski definition) is 3. The van der Waals surface area contributed by atoms with Gasteiger partial charge in [-0.3, -0.25) is 0 Å². The predicted molar refractivity (Wildman–Crippen MR) is 38.7 cm³/mol. The van der Waals surface area contributed by atoms with E-state index in [9.17, 15) is 0 Å². The van der Waals surface area contributed by atoms with Gasteiger partial charge in [-0.25, -0.2) is 6.57 Å². The molecule has 0 saturated carbocycles. The van der Waals surface area contributed by atoms with Crippen LogP contribution in [0.15, 0.2) is 4.52 Å². The topological polar surface area (TPSA) is 43.3 Å². The largest absolute Gasteiger partial charge is 0.339 e. The first-order valence-electron chi connectivity index (χ1n) is 3.39. The molecule has 0 fully saturated rings. The Bertz CT molecular complexity index is 271. The molecule has 11 heavy (non-hydrogen) atoms. The molecule has 0 spiro atoms. The van der Waals surface area contributed by atoms with Gasteiger partial charge in [-0.05, 0) is 0 Å². The van der Waals surface area contributed by atoms with Crippen LogP contribution in [-0.2, 0) is 6.54 Å². The van der Waals surface area contributed by atoms with Gasteiger partial charge in [0.15, 0.2) is 0 Å². The quantitative estimate of drug-likeness (QED) is 0.603. The van der Waals surface area contributed by atoms with Crippen molar-refractivity contribution in [2.75, 3.05) is 0 Å². The van der Waals surface area contributed by atoms with Gasteiger partial charge in [-0.2, -0.15) is 4.98 Å². The van der Waals surface area contributed by atoms with Crippen LogP contribution in [-0.4, -0.2) is 10.1 Å². The third-order valence-corrected chi connectivity index (χ3v) is 1.20. The SMILES string of the molecule is [C-]#[N+]Cc1noc(C(C)C)n1. The highest BCUT2D eigenvalue weighted by atomic mass is 16.5. The van der Waals surface area contributed by atoms with E-state index in [1.807, 2.05) is 13.8 Å². The zero-order valence-electron chi connectivity index (χ0n) is 6.53. The predicted octanol–water partition coefficient (Wildman–Crippen LogP) is 1.61. The average Bonchev–Trinajstić information content (AvgIpc) is 2.37. The molecule has 4 heteroatoms. The number of aromatic nitrogens is 2. The van der Waals surface area contributed by atoms with E-state index in [1.165, 1.54) is 0 Å². The molecule has 0 saturated heterocycles. The normalized spacial score (nSPS) is 10.0. The number of hydrogen-bond donors (Lipinski definition) is 0. The van der Waals surface area contributed by atoms with Crippen molar-refractivity contribution in [1.82, 2.24) is 10.1 Å². The lowest BCUT2D eigenvalue weighted by molar-refractivity contribution is 0.361. The molecule has 0 aliphatic carbocycles. The molecular formula is C7H9N3O. The maximum atomic E-state index is 6.56. The fourth-order valence-electron chi connectivity index (χ4n) is 0.637. The van der Waals surface area contributed by atoms with Gasteiger partial charge in [0.2, 0.25) is 5.89 Å². The van der Waals surface area contributed by atoms with Crippen LogP contribution in [0.3, 0.4) is 0 Å². The highest BCUT2D eigenvalue weighted by molar-refractivity contribution is 4.92. The minimum absolute atomic E-state index is 0.205. The van der Waals surface area contributed by atoms with Gasteiger partial charge in [0.25, 0.3) is 12.4 Å². The van der Waals surface area contributed by atoms with Crippen LogP contribution in [0.25, 0.3) is 4.85 Å². The molecule has 0 N–H and O–H groups in total. The molecule has 0 aliphatic heterocycles. The van der Waals surface area contributed by atoms with Gasteiger partial charge in [-0.1, -0.05) is 19.0 Å². The van der Waals surface area contributed by atoms with E-state index in [1.54, 1.807) is 0 Å². The second kappa shape index (κ2) is 3.15. The Hall–Kier alpha value is -1.37. The lowest BCUT2D eigenvalue weighted by Crippen LogP contribution is -1.87. The molecule has 4 nitrogen and oxygen atoms in total. The summed E-state index contributed by atoms with van der Waals surface area (Å²) in [7, 11) is 0. The Morgan fingerprint density at radius 1 is 1.64 bits per heavy atom. The van der Waals surface area contributed by atoms with Crippen molar-refractivity contribution in [3.05, 3.63) is 23.1 Å². The van der Waals surface area contributed by atoms with Gasteiger partial charge < -0.3 is 9.37 Å². The molecule has 1 rings (SSSR count). The lowest BCUT2D eigenvalue weighted by atomic mass is 10.2. The van der Waals surface area contributed by atoms with Gasteiger partial charge in [-0.15, -0.1) is 0 Å². The van der Waals surface area contributed by atoms with Crippen LogP contribution in [0.5, 0.6) is 0 Å². The minimum atomic E-state index is 0.205. The molecule has 0 amide bonds. The molecule has 1 aromatic rings. The smallest absolute Gasteiger partial charge is 0.276 e. The Kier molecular flexibility index (Phi) is 2.21. The van der Waals surface area contributed by atoms with Crippen LogP contribution >= 0.6 is 0 Å². The fourth-order valence-corrected chi connectivity index (χ4v) is 0.637. The maximum absolute atomic E-state index is 6.56. The molecular weight excluding hydrogens is 142 g/mol. The molecule has 0 bridgehead atoms. The summed E-state index contributed by atoms with van der Waals surface area (Å²) in [4.78, 5) is 7.15. The molecule has 0 atom stereocenters.